The maximum Gasteiger partial charge on any atom is 0.314 e. The number of carbonyl (C=O) groups excluding carboxylic acids is 1. The quantitative estimate of drug-likeness (QED) is 0.252. The third-order valence-corrected chi connectivity index (χ3v) is 9.25. The Morgan fingerprint density at radius 1 is 1.02 bits per heavy atom. The van der Waals surface area contributed by atoms with Crippen molar-refractivity contribution < 1.29 is 9.53 Å². The fraction of sp³-hybridized carbons (Fsp3) is 0.485. The fourth-order valence-electron chi connectivity index (χ4n) is 7.33. The molecule has 0 radical (unpaired) electrons. The van der Waals surface area contributed by atoms with Crippen LogP contribution in [0.15, 0.2) is 53.3 Å². The Morgan fingerprint density at radius 2 is 1.79 bits per heavy atom. The van der Waals surface area contributed by atoms with Crippen molar-refractivity contribution in [3.05, 3.63) is 75.7 Å². The van der Waals surface area contributed by atoms with Crippen molar-refractivity contribution in [3.63, 3.8) is 0 Å². The molecule has 0 saturated heterocycles. The van der Waals surface area contributed by atoms with Crippen molar-refractivity contribution in [3.8, 4) is 22.5 Å². The highest BCUT2D eigenvalue weighted by molar-refractivity contribution is 5.80. The number of rotatable bonds is 9. The number of aromatic nitrogens is 6. The molecule has 9 heteroatoms. The maximum atomic E-state index is 14.0. The van der Waals surface area contributed by atoms with E-state index < -0.39 is 5.41 Å². The molecule has 2 aromatic heterocycles. The normalized spacial score (nSPS) is 18.0. The molecular weight excluding hydrogens is 528 g/mol. The van der Waals surface area contributed by atoms with Crippen LogP contribution in [-0.4, -0.2) is 42.6 Å². The monoisotopic (exact) mass is 568 g/mol. The summed E-state index contributed by atoms with van der Waals surface area (Å²) >= 11 is 0. The van der Waals surface area contributed by atoms with Gasteiger partial charge in [0.15, 0.2) is 5.82 Å². The second kappa shape index (κ2) is 12.1. The van der Waals surface area contributed by atoms with E-state index in [2.05, 4.69) is 62.6 Å². The zero-order valence-electron chi connectivity index (χ0n) is 24.6. The zero-order chi connectivity index (χ0) is 29.1. The van der Waals surface area contributed by atoms with Crippen molar-refractivity contribution in [1.29, 1.82) is 0 Å². The first-order valence-corrected chi connectivity index (χ1v) is 15.5. The van der Waals surface area contributed by atoms with Crippen LogP contribution in [0.4, 0.5) is 0 Å². The molecule has 1 aliphatic carbocycles. The third kappa shape index (κ3) is 4.99. The Morgan fingerprint density at radius 3 is 2.48 bits per heavy atom. The number of tetrazole rings is 1. The minimum absolute atomic E-state index is 0.0435. The molecular formula is C33H40N6O3. The lowest BCUT2D eigenvalue weighted by Gasteiger charge is -2.44. The molecule has 1 aliphatic heterocycles. The standard InChI is InChI=1S/C33H40N6O3/c1-3-11-28-27(22-23-15-17-24(18-16-23)25-12-6-7-13-26(25)30-34-36-37-35-30)31(40)38-21-10-14-29(39(28)38)33(32(41)42-4-2)19-8-5-9-20-33/h6-7,12-13,15-18,29H,3-5,8-11,14,19-22H2,1-2H3,(H,34,35,36,37). The van der Waals surface area contributed by atoms with Gasteiger partial charge < -0.3 is 4.74 Å². The maximum absolute atomic E-state index is 14.0. The summed E-state index contributed by atoms with van der Waals surface area (Å²) < 4.78 is 9.91. The average molecular weight is 569 g/mol. The fourth-order valence-corrected chi connectivity index (χ4v) is 7.33. The molecule has 1 N–H and O–H groups in total. The highest BCUT2D eigenvalue weighted by Crippen LogP contribution is 2.50. The van der Waals surface area contributed by atoms with E-state index in [4.69, 9.17) is 4.74 Å². The van der Waals surface area contributed by atoms with Gasteiger partial charge in [-0.1, -0.05) is 81.1 Å². The lowest BCUT2D eigenvalue weighted by Crippen LogP contribution is -2.47. The summed E-state index contributed by atoms with van der Waals surface area (Å²) in [6.45, 7) is 5.12. The summed E-state index contributed by atoms with van der Waals surface area (Å²) in [5.41, 5.74) is 5.59. The van der Waals surface area contributed by atoms with Gasteiger partial charge in [-0.15, -0.1) is 5.10 Å². The number of aromatic amines is 1. The Bertz CT molecular complexity index is 1580. The molecule has 0 bridgehead atoms. The molecule has 4 aromatic rings. The van der Waals surface area contributed by atoms with Crippen LogP contribution in [0.2, 0.25) is 0 Å². The summed E-state index contributed by atoms with van der Waals surface area (Å²) in [4.78, 5) is 27.6. The van der Waals surface area contributed by atoms with Crippen LogP contribution in [-0.2, 0) is 28.9 Å². The Balaban J connectivity index is 1.36. The van der Waals surface area contributed by atoms with Gasteiger partial charge in [0, 0.05) is 29.8 Å². The summed E-state index contributed by atoms with van der Waals surface area (Å²) in [6.07, 6.45) is 8.97. The van der Waals surface area contributed by atoms with Crippen LogP contribution in [0.25, 0.3) is 22.5 Å². The first-order valence-electron chi connectivity index (χ1n) is 15.5. The third-order valence-electron chi connectivity index (χ3n) is 9.25. The van der Waals surface area contributed by atoms with Gasteiger partial charge >= 0.3 is 5.97 Å². The number of nitrogens with one attached hydrogen (secondary N) is 1. The summed E-state index contributed by atoms with van der Waals surface area (Å²) in [5, 5.41) is 14.4. The number of fused-ring (bicyclic) bond motifs is 1. The van der Waals surface area contributed by atoms with Gasteiger partial charge in [0.2, 0.25) is 0 Å². The van der Waals surface area contributed by atoms with Gasteiger partial charge in [0.25, 0.3) is 5.56 Å². The number of carbonyl (C=O) groups is 1. The number of hydrogen-bond donors (Lipinski definition) is 1. The smallest absolute Gasteiger partial charge is 0.314 e. The highest BCUT2D eigenvalue weighted by atomic mass is 16.5. The number of nitrogens with zero attached hydrogens (tertiary/aromatic N) is 5. The number of benzene rings is 2. The van der Waals surface area contributed by atoms with Crippen LogP contribution >= 0.6 is 0 Å². The molecule has 42 heavy (non-hydrogen) atoms. The molecule has 3 heterocycles. The molecule has 2 aliphatic rings. The van der Waals surface area contributed by atoms with Gasteiger partial charge in [0.05, 0.1) is 18.1 Å². The molecule has 9 nitrogen and oxygen atoms in total. The van der Waals surface area contributed by atoms with Crippen molar-refractivity contribution >= 4 is 5.97 Å². The van der Waals surface area contributed by atoms with Gasteiger partial charge in [-0.05, 0) is 66.1 Å². The molecule has 0 spiro atoms. The highest BCUT2D eigenvalue weighted by Gasteiger charge is 2.50. The van der Waals surface area contributed by atoms with Gasteiger partial charge in [0.1, 0.15) is 0 Å². The van der Waals surface area contributed by atoms with Crippen molar-refractivity contribution in [2.24, 2.45) is 5.41 Å². The van der Waals surface area contributed by atoms with E-state index in [9.17, 15) is 9.59 Å². The SMILES string of the molecule is CCCc1c(Cc2ccc(-c3ccccc3-c3nnn[nH]3)cc2)c(=O)n2n1C(C1(C(=O)OCC)CCCCC1)CCC2. The summed E-state index contributed by atoms with van der Waals surface area (Å²) in [6, 6.07) is 16.4. The average Bonchev–Trinajstić information content (AvgIpc) is 3.66. The molecule has 1 saturated carbocycles. The first-order chi connectivity index (χ1) is 20.6. The molecule has 1 fully saturated rings. The number of ether oxygens (including phenoxy) is 1. The Labute approximate surface area is 246 Å². The van der Waals surface area contributed by atoms with Crippen molar-refractivity contribution in [2.75, 3.05) is 6.61 Å². The zero-order valence-corrected chi connectivity index (χ0v) is 24.6. The second-order valence-corrected chi connectivity index (χ2v) is 11.7. The van der Waals surface area contributed by atoms with Gasteiger partial charge in [-0.2, -0.15) is 0 Å². The van der Waals surface area contributed by atoms with E-state index in [1.807, 2.05) is 29.8 Å². The summed E-state index contributed by atoms with van der Waals surface area (Å²) in [7, 11) is 0. The predicted octanol–water partition coefficient (Wildman–Crippen LogP) is 5.89. The Hall–Kier alpha value is -4.01. The van der Waals surface area contributed by atoms with E-state index in [0.29, 0.717) is 25.4 Å². The largest absolute Gasteiger partial charge is 0.466 e. The van der Waals surface area contributed by atoms with Gasteiger partial charge in [-0.3, -0.25) is 14.3 Å². The number of H-pyrrole nitrogens is 1. The Kier molecular flexibility index (Phi) is 8.09. The van der Waals surface area contributed by atoms with Crippen molar-refractivity contribution in [2.45, 2.75) is 90.6 Å². The minimum atomic E-state index is -0.560. The molecule has 1 atom stereocenters. The molecule has 6 rings (SSSR count). The molecule has 1 unspecified atom stereocenters. The second-order valence-electron chi connectivity index (χ2n) is 11.7. The minimum Gasteiger partial charge on any atom is -0.466 e. The predicted molar refractivity (Wildman–Crippen MR) is 161 cm³/mol. The van der Waals surface area contributed by atoms with Crippen LogP contribution in [0.1, 0.15) is 88.1 Å². The number of hydrogen-bond acceptors (Lipinski definition) is 6. The first kappa shape index (κ1) is 28.1. The molecule has 0 amide bonds. The van der Waals surface area contributed by atoms with Crippen LogP contribution < -0.4 is 5.56 Å². The van der Waals surface area contributed by atoms with E-state index in [0.717, 1.165) is 91.3 Å². The van der Waals surface area contributed by atoms with E-state index in [-0.39, 0.29) is 17.6 Å². The van der Waals surface area contributed by atoms with E-state index in [1.54, 1.807) is 0 Å². The lowest BCUT2D eigenvalue weighted by atomic mass is 9.67. The number of esters is 1. The van der Waals surface area contributed by atoms with Crippen LogP contribution in [0, 0.1) is 5.41 Å². The molecule has 2 aromatic carbocycles. The summed E-state index contributed by atoms with van der Waals surface area (Å²) in [5.74, 6) is 0.546. The molecule has 220 valence electrons. The van der Waals surface area contributed by atoms with Crippen molar-refractivity contribution in [1.82, 2.24) is 30.0 Å². The van der Waals surface area contributed by atoms with Gasteiger partial charge in [-0.25, -0.2) is 9.78 Å². The topological polar surface area (TPSA) is 108 Å². The van der Waals surface area contributed by atoms with E-state index in [1.165, 1.54) is 0 Å². The lowest BCUT2D eigenvalue weighted by molar-refractivity contribution is -0.163. The van der Waals surface area contributed by atoms with Crippen LogP contribution in [0.5, 0.6) is 0 Å². The van der Waals surface area contributed by atoms with E-state index >= 15 is 0 Å². The van der Waals surface area contributed by atoms with Crippen LogP contribution in [0.3, 0.4) is 0 Å².